The van der Waals surface area contributed by atoms with E-state index in [4.69, 9.17) is 0 Å². The van der Waals surface area contributed by atoms with Gasteiger partial charge in [0, 0.05) is 25.1 Å². The van der Waals surface area contributed by atoms with Gasteiger partial charge >= 0.3 is 0 Å². The second kappa shape index (κ2) is 6.35. The molecule has 0 radical (unpaired) electrons. The summed E-state index contributed by atoms with van der Waals surface area (Å²) in [6, 6.07) is 2.30. The summed E-state index contributed by atoms with van der Waals surface area (Å²) in [7, 11) is 0. The number of rotatable bonds is 7. The minimum atomic E-state index is 0.359. The van der Waals surface area contributed by atoms with Gasteiger partial charge in [0.15, 0.2) is 0 Å². The Bertz CT molecular complexity index is 446. The van der Waals surface area contributed by atoms with Gasteiger partial charge in [-0.15, -0.1) is 0 Å². The van der Waals surface area contributed by atoms with Crippen molar-refractivity contribution in [1.29, 1.82) is 0 Å². The summed E-state index contributed by atoms with van der Waals surface area (Å²) < 4.78 is 4.09. The second-order valence-corrected chi connectivity index (χ2v) is 4.57. The minimum Gasteiger partial charge on any atom is -0.333 e. The lowest BCUT2D eigenvalue weighted by Gasteiger charge is -2.12. The number of hydrogen-bond donors (Lipinski definition) is 1. The third-order valence-electron chi connectivity index (χ3n) is 2.91. The average Bonchev–Trinajstić information content (AvgIpc) is 3.00. The zero-order valence-electron chi connectivity index (χ0n) is 11.1. The molecule has 0 bridgehead atoms. The zero-order chi connectivity index (χ0) is 12.8. The molecule has 0 fully saturated rings. The summed E-state index contributed by atoms with van der Waals surface area (Å²) in [6.45, 7) is 7.08. The Balaban J connectivity index is 1.88. The predicted octanol–water partition coefficient (Wildman–Crippen LogP) is 1.84. The fourth-order valence-electron chi connectivity index (χ4n) is 1.88. The molecule has 1 N–H and O–H groups in total. The molecule has 0 saturated carbocycles. The maximum Gasteiger partial charge on any atom is 0.0953 e. The molecule has 0 aromatic carbocycles. The number of aromatic nitrogens is 4. The summed E-state index contributed by atoms with van der Waals surface area (Å²) in [5.41, 5.74) is 1.09. The van der Waals surface area contributed by atoms with Gasteiger partial charge in [0.1, 0.15) is 0 Å². The van der Waals surface area contributed by atoms with Gasteiger partial charge in [0.2, 0.25) is 0 Å². The Kier molecular flexibility index (Phi) is 4.52. The van der Waals surface area contributed by atoms with Crippen LogP contribution < -0.4 is 5.32 Å². The highest BCUT2D eigenvalue weighted by Gasteiger charge is 2.07. The molecule has 1 atom stereocenters. The first-order chi connectivity index (χ1) is 8.79. The summed E-state index contributed by atoms with van der Waals surface area (Å²) in [6.07, 6.45) is 8.95. The monoisotopic (exact) mass is 247 g/mol. The average molecular weight is 247 g/mol. The maximum atomic E-state index is 4.41. The van der Waals surface area contributed by atoms with Crippen molar-refractivity contribution in [1.82, 2.24) is 24.6 Å². The van der Waals surface area contributed by atoms with Crippen LogP contribution in [0.1, 0.15) is 32.0 Å². The van der Waals surface area contributed by atoms with E-state index in [-0.39, 0.29) is 0 Å². The minimum absolute atomic E-state index is 0.359. The molecule has 1 unspecified atom stereocenters. The standard InChI is InChI=1S/C13H21N5/c1-3-5-14-8-13-10-17(11-15-13)12(2)9-18-7-4-6-16-18/h4,6-7,10-12,14H,3,5,8-9H2,1-2H3. The molecule has 2 aromatic heterocycles. The zero-order valence-corrected chi connectivity index (χ0v) is 11.1. The molecule has 0 aliphatic rings. The van der Waals surface area contributed by atoms with Crippen LogP contribution in [0.25, 0.3) is 0 Å². The Morgan fingerprint density at radius 2 is 2.33 bits per heavy atom. The topological polar surface area (TPSA) is 47.7 Å². The van der Waals surface area contributed by atoms with E-state index in [0.717, 1.165) is 31.7 Å². The van der Waals surface area contributed by atoms with Crippen molar-refractivity contribution in [2.45, 2.75) is 39.4 Å². The predicted molar refractivity (Wildman–Crippen MR) is 71.2 cm³/mol. The van der Waals surface area contributed by atoms with Gasteiger partial charge in [-0.2, -0.15) is 5.10 Å². The van der Waals surface area contributed by atoms with E-state index in [1.807, 2.05) is 23.3 Å². The van der Waals surface area contributed by atoms with Crippen LogP contribution in [0.2, 0.25) is 0 Å². The largest absolute Gasteiger partial charge is 0.333 e. The summed E-state index contributed by atoms with van der Waals surface area (Å²) in [5.74, 6) is 0. The molecule has 18 heavy (non-hydrogen) atoms. The van der Waals surface area contributed by atoms with Crippen molar-refractivity contribution < 1.29 is 0 Å². The Morgan fingerprint density at radius 3 is 3.06 bits per heavy atom. The molecule has 2 rings (SSSR count). The molecular weight excluding hydrogens is 226 g/mol. The Labute approximate surface area is 108 Å². The van der Waals surface area contributed by atoms with Crippen LogP contribution in [0.15, 0.2) is 31.0 Å². The van der Waals surface area contributed by atoms with Crippen molar-refractivity contribution in [2.75, 3.05) is 6.54 Å². The number of nitrogens with one attached hydrogen (secondary N) is 1. The number of imidazole rings is 1. The van der Waals surface area contributed by atoms with Crippen LogP contribution >= 0.6 is 0 Å². The molecule has 2 aromatic rings. The molecule has 0 aliphatic heterocycles. The molecule has 0 amide bonds. The highest BCUT2D eigenvalue weighted by atomic mass is 15.3. The molecule has 5 heteroatoms. The van der Waals surface area contributed by atoms with Crippen molar-refractivity contribution in [3.05, 3.63) is 36.7 Å². The highest BCUT2D eigenvalue weighted by molar-refractivity contribution is 4.97. The molecule has 2 heterocycles. The normalized spacial score (nSPS) is 12.8. The van der Waals surface area contributed by atoms with Crippen LogP contribution in [0.3, 0.4) is 0 Å². The summed E-state index contributed by atoms with van der Waals surface area (Å²) >= 11 is 0. The van der Waals surface area contributed by atoms with Gasteiger partial charge in [-0.05, 0) is 26.0 Å². The van der Waals surface area contributed by atoms with Crippen LogP contribution in [0.4, 0.5) is 0 Å². The first-order valence-electron chi connectivity index (χ1n) is 6.50. The second-order valence-electron chi connectivity index (χ2n) is 4.57. The molecule has 98 valence electrons. The lowest BCUT2D eigenvalue weighted by atomic mass is 10.3. The molecule has 0 aliphatic carbocycles. The van der Waals surface area contributed by atoms with Crippen LogP contribution in [0.5, 0.6) is 0 Å². The summed E-state index contributed by atoms with van der Waals surface area (Å²) in [5, 5.41) is 7.58. The highest BCUT2D eigenvalue weighted by Crippen LogP contribution is 2.09. The first-order valence-corrected chi connectivity index (χ1v) is 6.50. The lowest BCUT2D eigenvalue weighted by molar-refractivity contribution is 0.436. The van der Waals surface area contributed by atoms with Gasteiger partial charge in [0.05, 0.1) is 24.6 Å². The third kappa shape index (κ3) is 3.43. The van der Waals surface area contributed by atoms with E-state index >= 15 is 0 Å². The van der Waals surface area contributed by atoms with Crippen LogP contribution in [-0.2, 0) is 13.1 Å². The van der Waals surface area contributed by atoms with Crippen molar-refractivity contribution in [3.8, 4) is 0 Å². The van der Waals surface area contributed by atoms with E-state index < -0.39 is 0 Å². The van der Waals surface area contributed by atoms with Crippen LogP contribution in [0, 0.1) is 0 Å². The SMILES string of the molecule is CCCNCc1cn(C(C)Cn2cccn2)cn1. The van der Waals surface area contributed by atoms with Gasteiger partial charge in [-0.3, -0.25) is 4.68 Å². The van der Waals surface area contributed by atoms with E-state index in [9.17, 15) is 0 Å². The van der Waals surface area contributed by atoms with Gasteiger partial charge < -0.3 is 9.88 Å². The number of hydrogen-bond acceptors (Lipinski definition) is 3. The molecule has 0 spiro atoms. The van der Waals surface area contributed by atoms with E-state index in [2.05, 4.69) is 40.0 Å². The van der Waals surface area contributed by atoms with Gasteiger partial charge in [0.25, 0.3) is 0 Å². The Hall–Kier alpha value is -1.62. The maximum absolute atomic E-state index is 4.41. The van der Waals surface area contributed by atoms with Crippen molar-refractivity contribution in [2.24, 2.45) is 0 Å². The van der Waals surface area contributed by atoms with E-state index in [1.165, 1.54) is 0 Å². The first kappa shape index (κ1) is 12.8. The van der Waals surface area contributed by atoms with Crippen molar-refractivity contribution in [3.63, 3.8) is 0 Å². The Morgan fingerprint density at radius 1 is 1.44 bits per heavy atom. The fraction of sp³-hybridized carbons (Fsp3) is 0.538. The number of nitrogens with zero attached hydrogens (tertiary/aromatic N) is 4. The molecule has 0 saturated heterocycles. The molecular formula is C13H21N5. The van der Waals surface area contributed by atoms with E-state index in [1.54, 1.807) is 6.20 Å². The third-order valence-corrected chi connectivity index (χ3v) is 2.91. The summed E-state index contributed by atoms with van der Waals surface area (Å²) in [4.78, 5) is 4.41. The fourth-order valence-corrected chi connectivity index (χ4v) is 1.88. The van der Waals surface area contributed by atoms with Gasteiger partial charge in [-0.25, -0.2) is 4.98 Å². The lowest BCUT2D eigenvalue weighted by Crippen LogP contribution is -2.14. The van der Waals surface area contributed by atoms with Crippen molar-refractivity contribution >= 4 is 0 Å². The quantitative estimate of drug-likeness (QED) is 0.759. The smallest absolute Gasteiger partial charge is 0.0953 e. The van der Waals surface area contributed by atoms with Crippen LogP contribution in [-0.4, -0.2) is 25.9 Å². The van der Waals surface area contributed by atoms with Gasteiger partial charge in [-0.1, -0.05) is 6.92 Å². The molecule has 5 nitrogen and oxygen atoms in total. The van der Waals surface area contributed by atoms with E-state index in [0.29, 0.717) is 6.04 Å².